The number of carbonyl (C=O) groups excluding carboxylic acids is 1. The number of thioether (sulfide) groups is 1. The van der Waals surface area contributed by atoms with Crippen LogP contribution in [0.5, 0.6) is 0 Å². The molecule has 0 spiro atoms. The number of thiophene rings is 1. The van der Waals surface area contributed by atoms with Crippen LogP contribution in [0.25, 0.3) is 21.3 Å². The van der Waals surface area contributed by atoms with E-state index in [0.29, 0.717) is 5.75 Å². The van der Waals surface area contributed by atoms with Gasteiger partial charge in [0.05, 0.1) is 5.75 Å². The van der Waals surface area contributed by atoms with Gasteiger partial charge in [0.2, 0.25) is 0 Å². The van der Waals surface area contributed by atoms with Gasteiger partial charge in [-0.15, -0.1) is 11.3 Å². The number of rotatable bonds is 5. The van der Waals surface area contributed by atoms with Crippen molar-refractivity contribution in [2.24, 2.45) is 0 Å². The quantitative estimate of drug-likeness (QED) is 0.224. The minimum absolute atomic E-state index is 0.110. The number of benzene rings is 2. The van der Waals surface area contributed by atoms with E-state index in [1.807, 2.05) is 49.4 Å². The lowest BCUT2D eigenvalue weighted by molar-refractivity contribution is 0.102. The van der Waals surface area contributed by atoms with E-state index in [-0.39, 0.29) is 5.78 Å². The van der Waals surface area contributed by atoms with Crippen LogP contribution in [0.1, 0.15) is 26.6 Å². The molecule has 2 heterocycles. The molecule has 0 fully saturated rings. The first kappa shape index (κ1) is 18.8. The lowest BCUT2D eigenvalue weighted by Crippen LogP contribution is -2.03. The van der Waals surface area contributed by atoms with Gasteiger partial charge in [0.25, 0.3) is 0 Å². The van der Waals surface area contributed by atoms with Gasteiger partial charge in [-0.2, -0.15) is 0 Å². The summed E-state index contributed by atoms with van der Waals surface area (Å²) in [5.41, 5.74) is 4.20. The summed E-state index contributed by atoms with van der Waals surface area (Å²) in [5.74, 6) is 1.22. The Balaban J connectivity index is 1.53. The highest BCUT2D eigenvalue weighted by atomic mass is 32.2. The summed E-state index contributed by atoms with van der Waals surface area (Å²) in [6.45, 7) is 6.10. The van der Waals surface area contributed by atoms with Gasteiger partial charge >= 0.3 is 0 Å². The van der Waals surface area contributed by atoms with Crippen LogP contribution in [0.15, 0.2) is 59.6 Å². The molecule has 2 aromatic carbocycles. The number of hydrogen-bond donors (Lipinski definition) is 0. The minimum atomic E-state index is 0.110. The van der Waals surface area contributed by atoms with Gasteiger partial charge in [-0.3, -0.25) is 4.79 Å². The Hall–Kier alpha value is -2.50. The molecule has 0 aliphatic carbocycles. The van der Waals surface area contributed by atoms with Crippen molar-refractivity contribution in [1.29, 1.82) is 0 Å². The van der Waals surface area contributed by atoms with Crippen molar-refractivity contribution in [1.82, 2.24) is 9.97 Å². The second kappa shape index (κ2) is 7.86. The van der Waals surface area contributed by atoms with Crippen LogP contribution >= 0.6 is 23.1 Å². The molecule has 5 heteroatoms. The maximum Gasteiger partial charge on any atom is 0.173 e. The second-order valence-electron chi connectivity index (χ2n) is 6.69. The predicted octanol–water partition coefficient (Wildman–Crippen LogP) is 6.26. The molecule has 0 N–H and O–H groups in total. The summed E-state index contributed by atoms with van der Waals surface area (Å²) in [7, 11) is 0. The van der Waals surface area contributed by atoms with Gasteiger partial charge in [-0.25, -0.2) is 9.97 Å². The van der Waals surface area contributed by atoms with Crippen molar-refractivity contribution in [3.63, 3.8) is 0 Å². The average Bonchev–Trinajstić information content (AvgIpc) is 3.00. The van der Waals surface area contributed by atoms with E-state index >= 15 is 0 Å². The van der Waals surface area contributed by atoms with Crippen molar-refractivity contribution >= 4 is 39.1 Å². The third kappa shape index (κ3) is 3.73. The topological polar surface area (TPSA) is 42.9 Å². The molecule has 4 aromatic rings. The first-order chi connectivity index (χ1) is 13.5. The van der Waals surface area contributed by atoms with Gasteiger partial charge in [-0.05, 0) is 37.5 Å². The van der Waals surface area contributed by atoms with E-state index in [1.165, 1.54) is 22.2 Å². The summed E-state index contributed by atoms with van der Waals surface area (Å²) in [6.07, 6.45) is 0. The Bertz CT molecular complexity index is 1150. The zero-order valence-corrected chi connectivity index (χ0v) is 17.7. The Morgan fingerprint density at radius 3 is 2.32 bits per heavy atom. The van der Waals surface area contributed by atoms with Gasteiger partial charge in [0.15, 0.2) is 5.78 Å². The van der Waals surface area contributed by atoms with Crippen LogP contribution in [-0.4, -0.2) is 21.5 Å². The van der Waals surface area contributed by atoms with Crippen molar-refractivity contribution < 1.29 is 4.79 Å². The summed E-state index contributed by atoms with van der Waals surface area (Å²) >= 11 is 3.19. The molecular formula is C23H20N2OS2. The number of fused-ring (bicyclic) bond motifs is 1. The molecule has 0 aliphatic rings. The number of carbonyl (C=O) groups is 1. The van der Waals surface area contributed by atoms with E-state index in [9.17, 15) is 4.79 Å². The molecule has 28 heavy (non-hydrogen) atoms. The zero-order valence-electron chi connectivity index (χ0n) is 16.0. The summed E-state index contributed by atoms with van der Waals surface area (Å²) in [5, 5.41) is 1.99. The molecule has 0 radical (unpaired) electrons. The van der Waals surface area contributed by atoms with Crippen LogP contribution in [0.3, 0.4) is 0 Å². The van der Waals surface area contributed by atoms with Crippen LogP contribution < -0.4 is 0 Å². The second-order valence-corrected chi connectivity index (χ2v) is 8.86. The first-order valence-corrected chi connectivity index (χ1v) is 10.9. The Kier molecular flexibility index (Phi) is 5.29. The van der Waals surface area contributed by atoms with Crippen LogP contribution in [0.4, 0.5) is 0 Å². The van der Waals surface area contributed by atoms with E-state index < -0.39 is 0 Å². The van der Waals surface area contributed by atoms with Crippen molar-refractivity contribution in [3.8, 4) is 11.1 Å². The average molecular weight is 405 g/mol. The molecule has 0 saturated heterocycles. The molecule has 0 saturated carbocycles. The molecule has 0 unspecified atom stereocenters. The largest absolute Gasteiger partial charge is 0.293 e. The smallest absolute Gasteiger partial charge is 0.173 e. The van der Waals surface area contributed by atoms with Gasteiger partial charge in [0, 0.05) is 15.8 Å². The van der Waals surface area contributed by atoms with Crippen molar-refractivity contribution in [3.05, 3.63) is 76.4 Å². The third-order valence-corrected chi connectivity index (χ3v) is 6.84. The fraction of sp³-hybridized carbons (Fsp3) is 0.174. The van der Waals surface area contributed by atoms with Crippen LogP contribution in [0.2, 0.25) is 0 Å². The van der Waals surface area contributed by atoms with Crippen molar-refractivity contribution in [2.75, 3.05) is 5.75 Å². The van der Waals surface area contributed by atoms with Gasteiger partial charge in [0.1, 0.15) is 15.7 Å². The Morgan fingerprint density at radius 2 is 1.61 bits per heavy atom. The summed E-state index contributed by atoms with van der Waals surface area (Å²) < 4.78 is 0. The Morgan fingerprint density at radius 1 is 0.929 bits per heavy atom. The summed E-state index contributed by atoms with van der Waals surface area (Å²) in [6, 6.07) is 18.0. The fourth-order valence-electron chi connectivity index (χ4n) is 3.12. The van der Waals surface area contributed by atoms with Crippen LogP contribution in [-0.2, 0) is 0 Å². The maximum atomic E-state index is 12.7. The molecule has 0 bridgehead atoms. The fourth-order valence-corrected chi connectivity index (χ4v) is 5.28. The predicted molar refractivity (Wildman–Crippen MR) is 119 cm³/mol. The molecular weight excluding hydrogens is 384 g/mol. The van der Waals surface area contributed by atoms with E-state index in [2.05, 4.69) is 35.9 Å². The zero-order chi connectivity index (χ0) is 19.7. The highest BCUT2D eigenvalue weighted by molar-refractivity contribution is 8.00. The monoisotopic (exact) mass is 404 g/mol. The van der Waals surface area contributed by atoms with Gasteiger partial charge < -0.3 is 0 Å². The number of aromatic nitrogens is 2. The molecule has 4 rings (SSSR count). The molecule has 2 aromatic heterocycles. The highest BCUT2D eigenvalue weighted by Crippen LogP contribution is 2.35. The number of aryl methyl sites for hydroxylation is 3. The molecule has 0 aliphatic heterocycles. The first-order valence-electron chi connectivity index (χ1n) is 9.09. The number of ketones is 1. The normalized spacial score (nSPS) is 11.1. The molecule has 3 nitrogen and oxygen atoms in total. The number of hydrogen-bond acceptors (Lipinski definition) is 5. The maximum absolute atomic E-state index is 12.7. The van der Waals surface area contributed by atoms with Gasteiger partial charge in [-0.1, -0.05) is 66.4 Å². The van der Waals surface area contributed by atoms with E-state index in [1.54, 1.807) is 11.3 Å². The SMILES string of the molecule is Cc1nc(SCC(=O)c2ccc(-c3ccccc3)cc2)c2c(C)c(C)sc2n1. The van der Waals surface area contributed by atoms with E-state index in [4.69, 9.17) is 0 Å². The standard InChI is InChI=1S/C23H20N2OS2/c1-14-15(2)28-23-21(14)22(24-16(3)25-23)27-13-20(26)19-11-9-18(10-12-19)17-7-5-4-6-8-17/h4-12H,13H2,1-3H3. The van der Waals surface area contributed by atoms with E-state index in [0.717, 1.165) is 37.8 Å². The minimum Gasteiger partial charge on any atom is -0.293 e. The lowest BCUT2D eigenvalue weighted by Gasteiger charge is -2.06. The molecule has 0 atom stereocenters. The molecule has 140 valence electrons. The summed E-state index contributed by atoms with van der Waals surface area (Å²) in [4.78, 5) is 24.1. The third-order valence-electron chi connectivity index (χ3n) is 4.76. The van der Waals surface area contributed by atoms with Crippen LogP contribution in [0, 0.1) is 20.8 Å². The number of Topliss-reactive ketones (excluding diaryl/α,β-unsaturated/α-hetero) is 1. The highest BCUT2D eigenvalue weighted by Gasteiger charge is 2.15. The number of nitrogens with zero attached hydrogens (tertiary/aromatic N) is 2. The Labute approximate surface area is 172 Å². The van der Waals surface area contributed by atoms with Crippen molar-refractivity contribution in [2.45, 2.75) is 25.8 Å². The lowest BCUT2D eigenvalue weighted by atomic mass is 10.0. The molecule has 0 amide bonds.